The van der Waals surface area contributed by atoms with Crippen molar-refractivity contribution in [2.75, 3.05) is 0 Å². The lowest BCUT2D eigenvalue weighted by Crippen LogP contribution is -2.06. The van der Waals surface area contributed by atoms with Gasteiger partial charge in [0.05, 0.1) is 0 Å². The third-order valence-corrected chi connectivity index (χ3v) is 3.84. The van der Waals surface area contributed by atoms with Gasteiger partial charge in [-0.25, -0.2) is 0 Å². The first-order chi connectivity index (χ1) is 10.3. The van der Waals surface area contributed by atoms with Crippen molar-refractivity contribution in [2.24, 2.45) is 0 Å². The Morgan fingerprint density at radius 1 is 0.619 bits per heavy atom. The molecule has 4 aromatic rings. The number of nitrogens with one attached hydrogen (secondary N) is 1. The molecule has 0 fully saturated rings. The van der Waals surface area contributed by atoms with Gasteiger partial charge in [-0.05, 0) is 28.6 Å². The van der Waals surface area contributed by atoms with E-state index in [0.717, 1.165) is 32.8 Å². The normalized spacial score (nSPS) is 11.0. The highest BCUT2D eigenvalue weighted by molar-refractivity contribution is 6.06. The van der Waals surface area contributed by atoms with Gasteiger partial charge in [0.2, 0.25) is 0 Å². The van der Waals surface area contributed by atoms with Crippen LogP contribution in [0.5, 0.6) is 0 Å². The van der Waals surface area contributed by atoms with Gasteiger partial charge in [-0.3, -0.25) is 4.79 Å². The minimum Gasteiger partial charge on any atom is -0.321 e. The molecule has 1 N–H and O–H groups in total. The number of hydrogen-bond donors (Lipinski definition) is 1. The quantitative estimate of drug-likeness (QED) is 0.513. The first kappa shape index (κ1) is 11.9. The van der Waals surface area contributed by atoms with Crippen molar-refractivity contribution < 1.29 is 0 Å². The SMILES string of the molecule is O=c1[nH]c2ccccc2c2ccc(-c3ccccc3)cc12. The zero-order valence-electron chi connectivity index (χ0n) is 11.3. The zero-order chi connectivity index (χ0) is 14.2. The van der Waals surface area contributed by atoms with E-state index in [4.69, 9.17) is 0 Å². The second-order valence-corrected chi connectivity index (χ2v) is 5.13. The Morgan fingerprint density at radius 3 is 2.24 bits per heavy atom. The predicted molar refractivity (Wildman–Crippen MR) is 87.5 cm³/mol. The molecule has 2 heteroatoms. The van der Waals surface area contributed by atoms with E-state index in [1.54, 1.807) is 0 Å². The van der Waals surface area contributed by atoms with Crippen molar-refractivity contribution >= 4 is 21.7 Å². The van der Waals surface area contributed by atoms with E-state index in [2.05, 4.69) is 23.2 Å². The summed E-state index contributed by atoms with van der Waals surface area (Å²) in [6.45, 7) is 0. The Labute approximate surface area is 121 Å². The average molecular weight is 271 g/mol. The molecule has 0 unspecified atom stereocenters. The van der Waals surface area contributed by atoms with Gasteiger partial charge in [-0.2, -0.15) is 0 Å². The van der Waals surface area contributed by atoms with E-state index in [1.807, 2.05) is 54.6 Å². The molecule has 0 bridgehead atoms. The molecule has 0 aliphatic rings. The molecule has 0 saturated heterocycles. The Kier molecular flexibility index (Phi) is 2.61. The number of para-hydroxylation sites is 1. The molecule has 0 aliphatic heterocycles. The monoisotopic (exact) mass is 271 g/mol. The Bertz CT molecular complexity index is 1000. The third kappa shape index (κ3) is 1.93. The minimum absolute atomic E-state index is 0.0403. The number of fused-ring (bicyclic) bond motifs is 3. The lowest BCUT2D eigenvalue weighted by Gasteiger charge is -2.06. The lowest BCUT2D eigenvalue weighted by atomic mass is 10.00. The van der Waals surface area contributed by atoms with Crippen LogP contribution in [0.1, 0.15) is 0 Å². The molecule has 3 aromatic carbocycles. The van der Waals surface area contributed by atoms with Crippen LogP contribution in [0.3, 0.4) is 0 Å². The largest absolute Gasteiger partial charge is 0.321 e. The Morgan fingerprint density at radius 2 is 1.38 bits per heavy atom. The topological polar surface area (TPSA) is 32.9 Å². The van der Waals surface area contributed by atoms with Crippen molar-refractivity contribution in [3.63, 3.8) is 0 Å². The van der Waals surface area contributed by atoms with Crippen LogP contribution >= 0.6 is 0 Å². The highest BCUT2D eigenvalue weighted by Gasteiger charge is 2.06. The van der Waals surface area contributed by atoms with Gasteiger partial charge in [0, 0.05) is 16.3 Å². The van der Waals surface area contributed by atoms with E-state index in [-0.39, 0.29) is 5.56 Å². The standard InChI is InChI=1S/C19H13NO/c21-19-17-12-14(13-6-2-1-3-7-13)10-11-15(17)16-8-4-5-9-18(16)20-19/h1-12H,(H,20,21). The number of benzene rings is 3. The summed E-state index contributed by atoms with van der Waals surface area (Å²) in [5, 5.41) is 2.80. The Balaban J connectivity index is 2.07. The molecular weight excluding hydrogens is 258 g/mol. The summed E-state index contributed by atoms with van der Waals surface area (Å²) in [5.74, 6) is 0. The maximum Gasteiger partial charge on any atom is 0.256 e. The van der Waals surface area contributed by atoms with Crippen molar-refractivity contribution in [3.05, 3.63) is 83.2 Å². The van der Waals surface area contributed by atoms with Crippen LogP contribution in [0.25, 0.3) is 32.8 Å². The van der Waals surface area contributed by atoms with E-state index in [1.165, 1.54) is 0 Å². The summed E-state index contributed by atoms with van der Waals surface area (Å²) in [4.78, 5) is 15.3. The second kappa shape index (κ2) is 4.60. The second-order valence-electron chi connectivity index (χ2n) is 5.13. The summed E-state index contributed by atoms with van der Waals surface area (Å²) in [6, 6.07) is 24.1. The molecule has 0 aliphatic carbocycles. The van der Waals surface area contributed by atoms with Crippen LogP contribution in [-0.4, -0.2) is 4.98 Å². The summed E-state index contributed by atoms with van der Waals surface area (Å²) >= 11 is 0. The molecular formula is C19H13NO. The predicted octanol–water partition coefficient (Wildman–Crippen LogP) is 4.35. The number of pyridine rings is 1. The maximum atomic E-state index is 12.3. The van der Waals surface area contributed by atoms with Crippen LogP contribution in [0.4, 0.5) is 0 Å². The first-order valence-electron chi connectivity index (χ1n) is 6.93. The Hall–Kier alpha value is -2.87. The third-order valence-electron chi connectivity index (χ3n) is 3.84. The first-order valence-corrected chi connectivity index (χ1v) is 6.93. The molecule has 0 radical (unpaired) electrons. The molecule has 1 aromatic heterocycles. The van der Waals surface area contributed by atoms with Gasteiger partial charge >= 0.3 is 0 Å². The molecule has 0 atom stereocenters. The maximum absolute atomic E-state index is 12.3. The molecule has 2 nitrogen and oxygen atoms in total. The average Bonchev–Trinajstić information content (AvgIpc) is 2.55. The molecule has 1 heterocycles. The number of hydrogen-bond acceptors (Lipinski definition) is 1. The molecule has 4 rings (SSSR count). The van der Waals surface area contributed by atoms with Gasteiger partial charge in [-0.1, -0.05) is 60.7 Å². The van der Waals surface area contributed by atoms with Crippen molar-refractivity contribution in [2.45, 2.75) is 0 Å². The van der Waals surface area contributed by atoms with Gasteiger partial charge in [-0.15, -0.1) is 0 Å². The van der Waals surface area contributed by atoms with Gasteiger partial charge in [0.1, 0.15) is 0 Å². The molecule has 21 heavy (non-hydrogen) atoms. The summed E-state index contributed by atoms with van der Waals surface area (Å²) in [5.41, 5.74) is 3.01. The van der Waals surface area contributed by atoms with Gasteiger partial charge in [0.25, 0.3) is 5.56 Å². The van der Waals surface area contributed by atoms with E-state index in [0.29, 0.717) is 0 Å². The molecule has 0 saturated carbocycles. The lowest BCUT2D eigenvalue weighted by molar-refractivity contribution is 1.34. The van der Waals surface area contributed by atoms with Gasteiger partial charge < -0.3 is 4.98 Å². The van der Waals surface area contributed by atoms with Crippen molar-refractivity contribution in [1.29, 1.82) is 0 Å². The smallest absolute Gasteiger partial charge is 0.256 e. The zero-order valence-corrected chi connectivity index (χ0v) is 11.3. The van der Waals surface area contributed by atoms with Crippen molar-refractivity contribution in [1.82, 2.24) is 4.98 Å². The van der Waals surface area contributed by atoms with Gasteiger partial charge in [0.15, 0.2) is 0 Å². The fourth-order valence-corrected chi connectivity index (χ4v) is 2.79. The molecule has 0 amide bonds. The highest BCUT2D eigenvalue weighted by Crippen LogP contribution is 2.26. The summed E-state index contributed by atoms with van der Waals surface area (Å²) in [7, 11) is 0. The van der Waals surface area contributed by atoms with E-state index >= 15 is 0 Å². The van der Waals surface area contributed by atoms with Crippen LogP contribution < -0.4 is 5.56 Å². The number of aromatic amines is 1. The number of H-pyrrole nitrogens is 1. The van der Waals surface area contributed by atoms with E-state index in [9.17, 15) is 4.79 Å². The number of aromatic nitrogens is 1. The molecule has 0 spiro atoms. The highest BCUT2D eigenvalue weighted by atomic mass is 16.1. The fraction of sp³-hybridized carbons (Fsp3) is 0. The van der Waals surface area contributed by atoms with Crippen molar-refractivity contribution in [3.8, 4) is 11.1 Å². The van der Waals surface area contributed by atoms with E-state index < -0.39 is 0 Å². The van der Waals surface area contributed by atoms with Crippen LogP contribution in [-0.2, 0) is 0 Å². The van der Waals surface area contributed by atoms with Crippen LogP contribution in [0.2, 0.25) is 0 Å². The fourth-order valence-electron chi connectivity index (χ4n) is 2.79. The number of rotatable bonds is 1. The van der Waals surface area contributed by atoms with Crippen LogP contribution in [0, 0.1) is 0 Å². The minimum atomic E-state index is -0.0403. The molecule has 100 valence electrons. The summed E-state index contributed by atoms with van der Waals surface area (Å²) in [6.07, 6.45) is 0. The summed E-state index contributed by atoms with van der Waals surface area (Å²) < 4.78 is 0. The van der Waals surface area contributed by atoms with Crippen LogP contribution in [0.15, 0.2) is 77.6 Å².